The van der Waals surface area contributed by atoms with Crippen molar-refractivity contribution in [2.24, 2.45) is 11.8 Å². The van der Waals surface area contributed by atoms with Gasteiger partial charge in [-0.1, -0.05) is 18.2 Å². The van der Waals surface area contributed by atoms with Crippen LogP contribution in [0.2, 0.25) is 0 Å². The molecule has 6 atom stereocenters. The Balaban J connectivity index is 1.58. The molecule has 0 bridgehead atoms. The van der Waals surface area contributed by atoms with Crippen LogP contribution in [-0.4, -0.2) is 60.9 Å². The highest BCUT2D eigenvalue weighted by molar-refractivity contribution is 7.92. The minimum atomic E-state index is -5.17. The van der Waals surface area contributed by atoms with E-state index < -0.39 is 61.9 Å². The first-order valence-electron chi connectivity index (χ1n) is 13.1. The van der Waals surface area contributed by atoms with Crippen molar-refractivity contribution in [2.75, 3.05) is 13.1 Å². The van der Waals surface area contributed by atoms with Crippen LogP contribution in [0.3, 0.4) is 0 Å². The summed E-state index contributed by atoms with van der Waals surface area (Å²) in [6, 6.07) is 7.65. The number of sulfone groups is 1. The predicted molar refractivity (Wildman–Crippen MR) is 134 cm³/mol. The van der Waals surface area contributed by atoms with Gasteiger partial charge in [-0.05, 0) is 85.4 Å². The van der Waals surface area contributed by atoms with Crippen LogP contribution in [0.15, 0.2) is 47.4 Å². The minimum Gasteiger partial charge on any atom is -0.388 e. The molecule has 218 valence electrons. The fraction of sp³-hybridized carbons (Fsp3) is 0.536. The van der Waals surface area contributed by atoms with Crippen LogP contribution in [0, 0.1) is 17.7 Å². The van der Waals surface area contributed by atoms with E-state index in [1.807, 2.05) is 0 Å². The average Bonchev–Trinajstić information content (AvgIpc) is 3.44. The number of rotatable bonds is 5. The average molecular weight is 588 g/mol. The number of amides is 1. The van der Waals surface area contributed by atoms with E-state index in [2.05, 4.69) is 0 Å². The number of aryl methyl sites for hydroxylation is 1. The van der Waals surface area contributed by atoms with E-state index in [1.165, 1.54) is 11.0 Å². The number of aliphatic hydroxyl groups excluding tert-OH is 2. The first-order valence-corrected chi connectivity index (χ1v) is 14.6. The lowest BCUT2D eigenvalue weighted by Crippen LogP contribution is -2.45. The quantitative estimate of drug-likeness (QED) is 0.405. The molecule has 6 nitrogen and oxygen atoms in total. The number of β-amino-alcohol motifs (C(OH)–C–C–N with tert-alkyl or cyclic N) is 2. The molecule has 40 heavy (non-hydrogen) atoms. The first-order chi connectivity index (χ1) is 18.6. The van der Waals surface area contributed by atoms with Gasteiger partial charge in [0.25, 0.3) is 0 Å². The number of benzene rings is 2. The summed E-state index contributed by atoms with van der Waals surface area (Å²) in [5.74, 6) is -1.98. The number of fused-ring (bicyclic) bond motifs is 3. The van der Waals surface area contributed by atoms with Crippen LogP contribution in [0.5, 0.6) is 0 Å². The molecule has 0 radical (unpaired) electrons. The van der Waals surface area contributed by atoms with Gasteiger partial charge < -0.3 is 15.1 Å². The Hall–Kier alpha value is -2.57. The van der Waals surface area contributed by atoms with E-state index >= 15 is 0 Å². The van der Waals surface area contributed by atoms with Gasteiger partial charge in [-0.25, -0.2) is 17.2 Å². The lowest BCUT2D eigenvalue weighted by molar-refractivity contribution is -0.228. The number of likely N-dealkylation sites (tertiary alicyclic amines) is 1. The number of aliphatic hydroxyl groups is 2. The summed E-state index contributed by atoms with van der Waals surface area (Å²) in [5.41, 5.74) is -3.69. The Kier molecular flexibility index (Phi) is 7.07. The molecule has 2 aromatic rings. The van der Waals surface area contributed by atoms with Crippen molar-refractivity contribution in [3.63, 3.8) is 0 Å². The third kappa shape index (κ3) is 4.42. The molecule has 1 saturated carbocycles. The molecule has 1 heterocycles. The molecule has 1 saturated heterocycles. The second-order valence-corrected chi connectivity index (χ2v) is 13.5. The highest BCUT2D eigenvalue weighted by Gasteiger charge is 2.61. The van der Waals surface area contributed by atoms with E-state index in [4.69, 9.17) is 0 Å². The Labute approximate surface area is 228 Å². The minimum absolute atomic E-state index is 0.0329. The highest BCUT2D eigenvalue weighted by Crippen LogP contribution is 2.60. The second kappa shape index (κ2) is 9.77. The number of hydrogen-bond acceptors (Lipinski definition) is 5. The Morgan fingerprint density at radius 1 is 1.02 bits per heavy atom. The number of hydrogen-bond donors (Lipinski definition) is 2. The molecule has 1 amide bonds. The summed E-state index contributed by atoms with van der Waals surface area (Å²) in [6.45, 7) is 0.348. The zero-order chi connectivity index (χ0) is 29.3. The highest BCUT2D eigenvalue weighted by atomic mass is 32.2. The van der Waals surface area contributed by atoms with E-state index in [1.54, 1.807) is 0 Å². The third-order valence-corrected chi connectivity index (χ3v) is 11.6. The van der Waals surface area contributed by atoms with Gasteiger partial charge in [0.05, 0.1) is 17.1 Å². The number of alkyl halides is 4. The smallest absolute Gasteiger partial charge is 0.388 e. The van der Waals surface area contributed by atoms with Crippen molar-refractivity contribution >= 4 is 15.7 Å². The van der Waals surface area contributed by atoms with Crippen LogP contribution in [0.25, 0.3) is 0 Å². The Morgan fingerprint density at radius 3 is 2.25 bits per heavy atom. The lowest BCUT2D eigenvalue weighted by atomic mass is 9.72. The molecule has 2 aromatic carbocycles. The van der Waals surface area contributed by atoms with Crippen molar-refractivity contribution in [1.82, 2.24) is 4.90 Å². The van der Waals surface area contributed by atoms with Crippen LogP contribution in [-0.2, 0) is 31.5 Å². The number of carbonyl (C=O) groups excluding carboxylic acids is 1. The van der Waals surface area contributed by atoms with Gasteiger partial charge in [-0.2, -0.15) is 13.2 Å². The van der Waals surface area contributed by atoms with Gasteiger partial charge in [0.15, 0.2) is 9.84 Å². The van der Waals surface area contributed by atoms with Crippen LogP contribution < -0.4 is 0 Å². The van der Waals surface area contributed by atoms with Crippen molar-refractivity contribution in [3.05, 3.63) is 65.0 Å². The fourth-order valence-corrected chi connectivity index (χ4v) is 9.32. The molecule has 0 aromatic heterocycles. The fourth-order valence-electron chi connectivity index (χ4n) is 6.82. The molecule has 3 aliphatic rings. The van der Waals surface area contributed by atoms with Crippen molar-refractivity contribution in [3.8, 4) is 0 Å². The van der Waals surface area contributed by atoms with E-state index in [0.29, 0.717) is 18.9 Å². The van der Waals surface area contributed by atoms with Gasteiger partial charge in [-0.3, -0.25) is 4.79 Å². The van der Waals surface area contributed by atoms with Gasteiger partial charge in [0.1, 0.15) is 10.6 Å². The van der Waals surface area contributed by atoms with Crippen molar-refractivity contribution in [2.45, 2.75) is 72.7 Å². The predicted octanol–water partition coefficient (Wildman–Crippen LogP) is 4.17. The monoisotopic (exact) mass is 587 g/mol. The molecule has 5 rings (SSSR count). The topological polar surface area (TPSA) is 94.9 Å². The molecule has 12 heteroatoms. The van der Waals surface area contributed by atoms with Crippen molar-refractivity contribution in [1.29, 1.82) is 0 Å². The summed E-state index contributed by atoms with van der Waals surface area (Å²) < 4.78 is 96.0. The largest absolute Gasteiger partial charge is 0.426 e. The van der Waals surface area contributed by atoms with E-state index in [-0.39, 0.29) is 55.1 Å². The summed E-state index contributed by atoms with van der Waals surface area (Å²) in [4.78, 5) is 14.3. The molecule has 1 unspecified atom stereocenters. The maximum Gasteiger partial charge on any atom is 0.426 e. The maximum absolute atomic E-state index is 14.9. The van der Waals surface area contributed by atoms with Crippen LogP contribution in [0.1, 0.15) is 49.3 Å². The van der Waals surface area contributed by atoms with Gasteiger partial charge >= 0.3 is 6.18 Å². The SMILES string of the molecule is CC(F)(c1ccc2c(c1)CC[C@H]1[C@H](CC(=O)N3C[C@@H](O)[C@@H](O)C3)CC[C@@]21S(=O)(=O)c1ccc(F)cc1)C(F)(F)F. The standard InChI is InChI=1S/C28H30F5NO5S/c1-26(30,28(31,32)33)18-3-9-22-16(12-18)2-8-21-17(13-25(37)34-14-23(35)24(36)15-34)10-11-27(21,22)40(38,39)20-6-4-19(29)5-7-20/h3-7,9,12,17,21,23-24,35-36H,2,8,10-11,13-15H2,1H3/t17-,21-,23-,24+,26?,27-/m0/s1. The number of halogens is 5. The number of carbonyl (C=O) groups is 1. The zero-order valence-electron chi connectivity index (χ0n) is 21.7. The Morgan fingerprint density at radius 2 is 1.65 bits per heavy atom. The normalized spacial score (nSPS) is 30.1. The van der Waals surface area contributed by atoms with E-state index in [0.717, 1.165) is 36.4 Å². The first kappa shape index (κ1) is 28.9. The summed E-state index contributed by atoms with van der Waals surface area (Å²) in [6.07, 6.45) is -6.54. The third-order valence-electron chi connectivity index (χ3n) is 9.07. The number of nitrogens with zero attached hydrogens (tertiary/aromatic N) is 1. The molecule has 2 aliphatic carbocycles. The molecule has 1 aliphatic heterocycles. The maximum atomic E-state index is 14.9. The lowest BCUT2D eigenvalue weighted by Gasteiger charge is -2.43. The summed E-state index contributed by atoms with van der Waals surface area (Å²) in [5, 5.41) is 19.7. The van der Waals surface area contributed by atoms with Crippen LogP contribution in [0.4, 0.5) is 22.0 Å². The van der Waals surface area contributed by atoms with Crippen molar-refractivity contribution < 1.29 is 45.4 Å². The molecule has 2 N–H and O–H groups in total. The second-order valence-electron chi connectivity index (χ2n) is 11.3. The molecule has 2 fully saturated rings. The molecular weight excluding hydrogens is 557 g/mol. The molecular formula is C28H30F5NO5S. The Bertz CT molecular complexity index is 1400. The van der Waals surface area contributed by atoms with E-state index in [9.17, 15) is 45.4 Å². The van der Waals surface area contributed by atoms with Crippen LogP contribution >= 0.6 is 0 Å². The zero-order valence-corrected chi connectivity index (χ0v) is 22.5. The van der Waals surface area contributed by atoms with Gasteiger partial charge in [0.2, 0.25) is 11.6 Å². The summed E-state index contributed by atoms with van der Waals surface area (Å²) in [7, 11) is -4.26. The summed E-state index contributed by atoms with van der Waals surface area (Å²) >= 11 is 0. The van der Waals surface area contributed by atoms with Gasteiger partial charge in [0, 0.05) is 19.5 Å². The van der Waals surface area contributed by atoms with Gasteiger partial charge in [-0.15, -0.1) is 0 Å². The molecule has 0 spiro atoms.